The van der Waals surface area contributed by atoms with Crippen molar-refractivity contribution in [1.82, 2.24) is 20.3 Å². The number of carbonyl (C=O) groups is 1. The minimum absolute atomic E-state index is 0.0256. The second kappa shape index (κ2) is 8.74. The SMILES string of the molecule is C=C(S)CCNC(=O)CCc1cn(CCCC)nn1. The lowest BCUT2D eigenvalue weighted by Gasteiger charge is -2.03. The van der Waals surface area contributed by atoms with Crippen LogP contribution < -0.4 is 5.32 Å². The molecule has 0 saturated heterocycles. The molecule has 0 bridgehead atoms. The van der Waals surface area contributed by atoms with E-state index in [1.165, 1.54) is 0 Å². The van der Waals surface area contributed by atoms with Crippen LogP contribution >= 0.6 is 12.6 Å². The lowest BCUT2D eigenvalue weighted by atomic mass is 10.2. The number of hydrogen-bond donors (Lipinski definition) is 2. The molecule has 0 atom stereocenters. The van der Waals surface area contributed by atoms with Gasteiger partial charge in [-0.3, -0.25) is 9.48 Å². The van der Waals surface area contributed by atoms with Crippen LogP contribution in [0, 0.1) is 0 Å². The van der Waals surface area contributed by atoms with Gasteiger partial charge in [-0.1, -0.05) is 25.1 Å². The van der Waals surface area contributed by atoms with Crippen LogP contribution in [0.1, 0.15) is 38.3 Å². The molecule has 0 saturated carbocycles. The van der Waals surface area contributed by atoms with E-state index in [9.17, 15) is 4.79 Å². The molecule has 0 spiro atoms. The summed E-state index contributed by atoms with van der Waals surface area (Å²) in [7, 11) is 0. The Morgan fingerprint density at radius 2 is 2.32 bits per heavy atom. The molecule has 0 aliphatic carbocycles. The number of thiol groups is 1. The van der Waals surface area contributed by atoms with Gasteiger partial charge >= 0.3 is 0 Å². The second-order valence-electron chi connectivity index (χ2n) is 4.49. The van der Waals surface area contributed by atoms with Gasteiger partial charge in [0.05, 0.1) is 5.69 Å². The van der Waals surface area contributed by atoms with Crippen LogP contribution in [0.25, 0.3) is 0 Å². The van der Waals surface area contributed by atoms with E-state index in [0.29, 0.717) is 25.8 Å². The van der Waals surface area contributed by atoms with Crippen LogP contribution in [-0.2, 0) is 17.8 Å². The monoisotopic (exact) mass is 282 g/mol. The van der Waals surface area contributed by atoms with Crippen LogP contribution in [0.3, 0.4) is 0 Å². The van der Waals surface area contributed by atoms with E-state index in [4.69, 9.17) is 0 Å². The largest absolute Gasteiger partial charge is 0.356 e. The first-order valence-electron chi connectivity index (χ1n) is 6.64. The number of nitrogens with zero attached hydrogens (tertiary/aromatic N) is 3. The number of hydrogen-bond acceptors (Lipinski definition) is 4. The van der Waals surface area contributed by atoms with Crippen LogP contribution in [0.4, 0.5) is 0 Å². The van der Waals surface area contributed by atoms with Crippen molar-refractivity contribution >= 4 is 18.5 Å². The maximum absolute atomic E-state index is 11.6. The van der Waals surface area contributed by atoms with Crippen LogP contribution in [-0.4, -0.2) is 27.4 Å². The van der Waals surface area contributed by atoms with Gasteiger partial charge in [0.2, 0.25) is 5.91 Å². The normalized spacial score (nSPS) is 10.4. The third-order valence-corrected chi connectivity index (χ3v) is 2.89. The van der Waals surface area contributed by atoms with Crippen LogP contribution in [0.2, 0.25) is 0 Å². The summed E-state index contributed by atoms with van der Waals surface area (Å²) in [4.78, 5) is 12.3. The van der Waals surface area contributed by atoms with Gasteiger partial charge in [0.25, 0.3) is 0 Å². The van der Waals surface area contributed by atoms with Gasteiger partial charge in [0, 0.05) is 32.1 Å². The Hall–Kier alpha value is -1.30. The van der Waals surface area contributed by atoms with Crippen molar-refractivity contribution in [3.63, 3.8) is 0 Å². The topological polar surface area (TPSA) is 59.8 Å². The maximum atomic E-state index is 11.6. The predicted octanol–water partition coefficient (Wildman–Crippen LogP) is 1.96. The Balaban J connectivity index is 2.22. The Bertz CT molecular complexity index is 417. The Morgan fingerprint density at radius 1 is 1.53 bits per heavy atom. The molecule has 1 amide bonds. The lowest BCUT2D eigenvalue weighted by molar-refractivity contribution is -0.121. The lowest BCUT2D eigenvalue weighted by Crippen LogP contribution is -2.24. The molecule has 5 nitrogen and oxygen atoms in total. The summed E-state index contributed by atoms with van der Waals surface area (Å²) < 4.78 is 1.83. The molecular weight excluding hydrogens is 260 g/mol. The summed E-state index contributed by atoms with van der Waals surface area (Å²) in [5.41, 5.74) is 0.866. The zero-order valence-electron chi connectivity index (χ0n) is 11.4. The zero-order valence-corrected chi connectivity index (χ0v) is 12.3. The van der Waals surface area contributed by atoms with Crippen molar-refractivity contribution in [3.05, 3.63) is 23.4 Å². The molecule has 0 fully saturated rings. The van der Waals surface area contributed by atoms with Crippen LogP contribution in [0.15, 0.2) is 17.7 Å². The molecule has 106 valence electrons. The molecule has 1 aromatic rings. The Kier molecular flexibility index (Phi) is 7.25. The van der Waals surface area contributed by atoms with Gasteiger partial charge < -0.3 is 5.32 Å². The van der Waals surface area contributed by atoms with Gasteiger partial charge in [-0.05, 0) is 17.7 Å². The highest BCUT2D eigenvalue weighted by Crippen LogP contribution is 2.02. The van der Waals surface area contributed by atoms with Crippen molar-refractivity contribution in [2.24, 2.45) is 0 Å². The van der Waals surface area contributed by atoms with Gasteiger partial charge in [0.1, 0.15) is 0 Å². The number of aryl methyl sites for hydroxylation is 2. The molecule has 0 aliphatic rings. The maximum Gasteiger partial charge on any atom is 0.220 e. The van der Waals surface area contributed by atoms with Crippen molar-refractivity contribution in [2.45, 2.75) is 45.6 Å². The number of carbonyl (C=O) groups excluding carboxylic acids is 1. The highest BCUT2D eigenvalue weighted by atomic mass is 32.1. The van der Waals surface area contributed by atoms with Gasteiger partial charge in [-0.2, -0.15) is 0 Å². The van der Waals surface area contributed by atoms with Crippen LogP contribution in [0.5, 0.6) is 0 Å². The molecule has 1 heterocycles. The summed E-state index contributed by atoms with van der Waals surface area (Å²) in [6.07, 6.45) is 5.90. The average Bonchev–Trinajstić information content (AvgIpc) is 2.81. The van der Waals surface area contributed by atoms with Crippen molar-refractivity contribution in [3.8, 4) is 0 Å². The minimum atomic E-state index is 0.0256. The summed E-state index contributed by atoms with van der Waals surface area (Å²) in [6, 6.07) is 0. The van der Waals surface area contributed by atoms with E-state index in [-0.39, 0.29) is 5.91 Å². The molecule has 1 aromatic heterocycles. The molecule has 6 heteroatoms. The fraction of sp³-hybridized carbons (Fsp3) is 0.615. The van der Waals surface area contributed by atoms with E-state index >= 15 is 0 Å². The molecule has 1 rings (SSSR count). The second-order valence-corrected chi connectivity index (χ2v) is 5.13. The highest BCUT2D eigenvalue weighted by molar-refractivity contribution is 7.84. The van der Waals surface area contributed by atoms with E-state index < -0.39 is 0 Å². The van der Waals surface area contributed by atoms with Gasteiger partial charge in [0.15, 0.2) is 0 Å². The summed E-state index contributed by atoms with van der Waals surface area (Å²) in [5.74, 6) is 0.0256. The number of unbranched alkanes of at least 4 members (excludes halogenated alkanes) is 1. The molecule has 19 heavy (non-hydrogen) atoms. The zero-order chi connectivity index (χ0) is 14.1. The number of amides is 1. The number of nitrogens with one attached hydrogen (secondary N) is 1. The molecule has 0 aliphatic heterocycles. The number of rotatable bonds is 9. The fourth-order valence-electron chi connectivity index (χ4n) is 1.56. The van der Waals surface area contributed by atoms with Crippen molar-refractivity contribution in [1.29, 1.82) is 0 Å². The molecular formula is C13H22N4OS. The Labute approximate surface area is 119 Å². The smallest absolute Gasteiger partial charge is 0.220 e. The van der Waals surface area contributed by atoms with Gasteiger partial charge in [-0.25, -0.2) is 0 Å². The average molecular weight is 282 g/mol. The molecule has 0 aromatic carbocycles. The summed E-state index contributed by atoms with van der Waals surface area (Å²) in [6.45, 7) is 7.28. The standard InChI is InChI=1S/C13H22N4OS/c1-3-4-9-17-10-12(15-16-17)5-6-13(18)14-8-7-11(2)19/h10,19H,2-9H2,1H3,(H,14,18). The van der Waals surface area contributed by atoms with Gasteiger partial charge in [-0.15, -0.1) is 17.7 Å². The third-order valence-electron chi connectivity index (χ3n) is 2.67. The molecule has 1 N–H and O–H groups in total. The molecule has 0 unspecified atom stereocenters. The van der Waals surface area contributed by atoms with E-state index in [2.05, 4.69) is 41.8 Å². The fourth-order valence-corrected chi connectivity index (χ4v) is 1.67. The third kappa shape index (κ3) is 7.00. The predicted molar refractivity (Wildman–Crippen MR) is 79.0 cm³/mol. The number of aromatic nitrogens is 3. The van der Waals surface area contributed by atoms with E-state index in [1.807, 2.05) is 10.9 Å². The van der Waals surface area contributed by atoms with Crippen molar-refractivity contribution in [2.75, 3.05) is 6.54 Å². The van der Waals surface area contributed by atoms with E-state index in [1.54, 1.807) is 0 Å². The summed E-state index contributed by atoms with van der Waals surface area (Å²) >= 11 is 4.07. The molecule has 0 radical (unpaired) electrons. The Morgan fingerprint density at radius 3 is 3.00 bits per heavy atom. The first-order chi connectivity index (χ1) is 9.11. The first-order valence-corrected chi connectivity index (χ1v) is 7.09. The quantitative estimate of drug-likeness (QED) is 0.681. The van der Waals surface area contributed by atoms with E-state index in [0.717, 1.165) is 30.0 Å². The van der Waals surface area contributed by atoms with Crippen molar-refractivity contribution < 1.29 is 4.79 Å². The first kappa shape index (κ1) is 15.8. The summed E-state index contributed by atoms with van der Waals surface area (Å²) in [5, 5.41) is 10.9. The minimum Gasteiger partial charge on any atom is -0.356 e. The highest BCUT2D eigenvalue weighted by Gasteiger charge is 2.05.